The molecule has 0 amide bonds. The number of benzene rings is 1. The third-order valence-corrected chi connectivity index (χ3v) is 3.62. The molecule has 0 saturated carbocycles. The SMILES string of the molecule is OCC#Cc1ccccc1CSC1COC1. The Kier molecular flexibility index (Phi) is 4.29. The maximum atomic E-state index is 8.69. The van der Waals surface area contributed by atoms with Crippen molar-refractivity contribution in [2.24, 2.45) is 0 Å². The highest BCUT2D eigenvalue weighted by Crippen LogP contribution is 2.24. The summed E-state index contributed by atoms with van der Waals surface area (Å²) in [6, 6.07) is 8.09. The summed E-state index contributed by atoms with van der Waals surface area (Å²) in [5.41, 5.74) is 2.25. The third-order valence-electron chi connectivity index (χ3n) is 2.40. The molecule has 3 heteroatoms. The average molecular weight is 234 g/mol. The van der Waals surface area contributed by atoms with E-state index in [1.807, 2.05) is 30.0 Å². The van der Waals surface area contributed by atoms with Gasteiger partial charge in [-0.05, 0) is 11.6 Å². The molecule has 1 aliphatic heterocycles. The lowest BCUT2D eigenvalue weighted by Gasteiger charge is -2.25. The van der Waals surface area contributed by atoms with Crippen LogP contribution >= 0.6 is 11.8 Å². The van der Waals surface area contributed by atoms with Gasteiger partial charge < -0.3 is 9.84 Å². The summed E-state index contributed by atoms with van der Waals surface area (Å²) in [5.74, 6) is 6.63. The van der Waals surface area contributed by atoms with Gasteiger partial charge in [0.2, 0.25) is 0 Å². The summed E-state index contributed by atoms with van der Waals surface area (Å²) in [5, 5.41) is 9.33. The van der Waals surface area contributed by atoms with Gasteiger partial charge in [-0.15, -0.1) is 11.8 Å². The summed E-state index contributed by atoms with van der Waals surface area (Å²) in [4.78, 5) is 0. The molecule has 1 saturated heterocycles. The van der Waals surface area contributed by atoms with Gasteiger partial charge in [-0.1, -0.05) is 30.0 Å². The molecule has 0 atom stereocenters. The number of aliphatic hydroxyl groups excluding tert-OH is 1. The lowest BCUT2D eigenvalue weighted by molar-refractivity contribution is 0.0455. The fourth-order valence-corrected chi connectivity index (χ4v) is 2.47. The van der Waals surface area contributed by atoms with Gasteiger partial charge in [0, 0.05) is 11.3 Å². The topological polar surface area (TPSA) is 29.5 Å². The highest BCUT2D eigenvalue weighted by atomic mass is 32.2. The van der Waals surface area contributed by atoms with Crippen LogP contribution in [0, 0.1) is 11.8 Å². The summed E-state index contributed by atoms with van der Waals surface area (Å²) in [7, 11) is 0. The summed E-state index contributed by atoms with van der Waals surface area (Å²) >= 11 is 1.91. The third kappa shape index (κ3) is 3.02. The van der Waals surface area contributed by atoms with Gasteiger partial charge in [0.15, 0.2) is 0 Å². The van der Waals surface area contributed by atoms with Crippen LogP contribution in [0.2, 0.25) is 0 Å². The monoisotopic (exact) mass is 234 g/mol. The first-order chi connectivity index (χ1) is 7.90. The molecule has 16 heavy (non-hydrogen) atoms. The van der Waals surface area contributed by atoms with Crippen molar-refractivity contribution >= 4 is 11.8 Å². The van der Waals surface area contributed by atoms with Crippen LogP contribution in [0.25, 0.3) is 0 Å². The molecule has 2 rings (SSSR count). The zero-order valence-electron chi connectivity index (χ0n) is 8.98. The molecule has 2 nitrogen and oxygen atoms in total. The molecule has 1 fully saturated rings. The largest absolute Gasteiger partial charge is 0.384 e. The Balaban J connectivity index is 2.00. The van der Waals surface area contributed by atoms with Crippen LogP contribution in [0.4, 0.5) is 0 Å². The summed E-state index contributed by atoms with van der Waals surface area (Å²) in [6.45, 7) is 1.66. The van der Waals surface area contributed by atoms with E-state index in [9.17, 15) is 0 Å². The zero-order chi connectivity index (χ0) is 11.2. The lowest BCUT2D eigenvalue weighted by Crippen LogP contribution is -2.30. The quantitative estimate of drug-likeness (QED) is 0.807. The molecule has 0 radical (unpaired) electrons. The van der Waals surface area contributed by atoms with Crippen LogP contribution in [0.5, 0.6) is 0 Å². The molecule has 1 aromatic carbocycles. The van der Waals surface area contributed by atoms with E-state index in [1.165, 1.54) is 5.56 Å². The van der Waals surface area contributed by atoms with E-state index < -0.39 is 0 Å². The van der Waals surface area contributed by atoms with E-state index in [-0.39, 0.29) is 6.61 Å². The first-order valence-corrected chi connectivity index (χ1v) is 6.32. The Morgan fingerprint density at radius 1 is 1.38 bits per heavy atom. The highest BCUT2D eigenvalue weighted by molar-refractivity contribution is 7.99. The minimum Gasteiger partial charge on any atom is -0.384 e. The maximum absolute atomic E-state index is 8.69. The number of hydrogen-bond donors (Lipinski definition) is 1. The minimum atomic E-state index is -0.0854. The fourth-order valence-electron chi connectivity index (χ4n) is 1.42. The summed E-state index contributed by atoms with van der Waals surface area (Å²) < 4.78 is 5.14. The van der Waals surface area contributed by atoms with E-state index in [2.05, 4.69) is 17.9 Å². The number of hydrogen-bond acceptors (Lipinski definition) is 3. The number of rotatable bonds is 3. The van der Waals surface area contributed by atoms with Crippen molar-refractivity contribution in [2.75, 3.05) is 19.8 Å². The van der Waals surface area contributed by atoms with E-state index in [0.717, 1.165) is 24.5 Å². The van der Waals surface area contributed by atoms with Crippen LogP contribution < -0.4 is 0 Å². The van der Waals surface area contributed by atoms with Crippen molar-refractivity contribution < 1.29 is 9.84 Å². The Morgan fingerprint density at radius 3 is 2.88 bits per heavy atom. The smallest absolute Gasteiger partial charge is 0.104 e. The first kappa shape index (κ1) is 11.5. The van der Waals surface area contributed by atoms with Gasteiger partial charge >= 0.3 is 0 Å². The van der Waals surface area contributed by atoms with Crippen molar-refractivity contribution in [3.05, 3.63) is 35.4 Å². The molecule has 0 unspecified atom stereocenters. The van der Waals surface area contributed by atoms with Gasteiger partial charge in [-0.25, -0.2) is 0 Å². The molecule has 0 bridgehead atoms. The van der Waals surface area contributed by atoms with Gasteiger partial charge in [-0.2, -0.15) is 0 Å². The van der Waals surface area contributed by atoms with Crippen molar-refractivity contribution in [1.82, 2.24) is 0 Å². The Bertz CT molecular complexity index is 402. The molecule has 0 spiro atoms. The molecule has 1 heterocycles. The molecule has 1 N–H and O–H groups in total. The first-order valence-electron chi connectivity index (χ1n) is 5.27. The van der Waals surface area contributed by atoms with E-state index in [4.69, 9.17) is 9.84 Å². The van der Waals surface area contributed by atoms with E-state index in [0.29, 0.717) is 5.25 Å². The maximum Gasteiger partial charge on any atom is 0.104 e. The van der Waals surface area contributed by atoms with Crippen molar-refractivity contribution in [2.45, 2.75) is 11.0 Å². The number of thioether (sulfide) groups is 1. The normalized spacial score (nSPS) is 15.1. The Labute approximate surface area is 100 Å². The van der Waals surface area contributed by atoms with Gasteiger partial charge in [0.05, 0.1) is 18.5 Å². The van der Waals surface area contributed by atoms with Gasteiger partial charge in [0.25, 0.3) is 0 Å². The summed E-state index contributed by atoms with van der Waals surface area (Å²) in [6.07, 6.45) is 0. The van der Waals surface area contributed by atoms with Crippen LogP contribution in [-0.2, 0) is 10.5 Å². The predicted octanol–water partition coefficient (Wildman–Crippen LogP) is 1.66. The second-order valence-corrected chi connectivity index (χ2v) is 4.88. The molecule has 0 aromatic heterocycles. The van der Waals surface area contributed by atoms with Crippen molar-refractivity contribution in [3.8, 4) is 11.8 Å². The second kappa shape index (κ2) is 5.95. The lowest BCUT2D eigenvalue weighted by atomic mass is 10.1. The van der Waals surface area contributed by atoms with Crippen LogP contribution in [0.3, 0.4) is 0 Å². The van der Waals surface area contributed by atoms with E-state index >= 15 is 0 Å². The minimum absolute atomic E-state index is 0.0854. The molecule has 1 aliphatic rings. The molecule has 1 aromatic rings. The van der Waals surface area contributed by atoms with Crippen LogP contribution in [0.15, 0.2) is 24.3 Å². The molecular weight excluding hydrogens is 220 g/mol. The fraction of sp³-hybridized carbons (Fsp3) is 0.385. The predicted molar refractivity (Wildman–Crippen MR) is 66.3 cm³/mol. The molecular formula is C13H14O2S. The van der Waals surface area contributed by atoms with E-state index in [1.54, 1.807) is 0 Å². The van der Waals surface area contributed by atoms with Gasteiger partial charge in [-0.3, -0.25) is 0 Å². The number of ether oxygens (including phenoxy) is 1. The standard InChI is InChI=1S/C13H14O2S/c14-7-3-6-11-4-1-2-5-12(11)10-16-13-8-15-9-13/h1-2,4-5,13-14H,7-10H2. The van der Waals surface area contributed by atoms with Gasteiger partial charge in [0.1, 0.15) is 6.61 Å². The van der Waals surface area contributed by atoms with Crippen LogP contribution in [-0.4, -0.2) is 30.2 Å². The Hall–Kier alpha value is -0.950. The molecule has 84 valence electrons. The second-order valence-electron chi connectivity index (χ2n) is 3.59. The zero-order valence-corrected chi connectivity index (χ0v) is 9.80. The van der Waals surface area contributed by atoms with Crippen LogP contribution in [0.1, 0.15) is 11.1 Å². The van der Waals surface area contributed by atoms with Crippen molar-refractivity contribution in [1.29, 1.82) is 0 Å². The highest BCUT2D eigenvalue weighted by Gasteiger charge is 2.18. The molecule has 0 aliphatic carbocycles. The number of aliphatic hydroxyl groups is 1. The Morgan fingerprint density at radius 2 is 2.19 bits per heavy atom. The average Bonchev–Trinajstić information content (AvgIpc) is 2.26. The van der Waals surface area contributed by atoms with Crippen molar-refractivity contribution in [3.63, 3.8) is 0 Å².